The van der Waals surface area contributed by atoms with Gasteiger partial charge in [0, 0.05) is 33.0 Å². The van der Waals surface area contributed by atoms with Crippen LogP contribution < -0.4 is 5.32 Å². The summed E-state index contributed by atoms with van der Waals surface area (Å²) < 4.78 is 10.4. The van der Waals surface area contributed by atoms with E-state index in [9.17, 15) is 5.26 Å². The second-order valence-electron chi connectivity index (χ2n) is 5.16. The van der Waals surface area contributed by atoms with Crippen LogP contribution in [0.25, 0.3) is 0 Å². The molecular formula is C14H28N2O2. The van der Waals surface area contributed by atoms with Gasteiger partial charge in [-0.05, 0) is 46.5 Å². The van der Waals surface area contributed by atoms with E-state index in [4.69, 9.17) is 9.47 Å². The van der Waals surface area contributed by atoms with Crippen LogP contribution in [0.1, 0.15) is 46.5 Å². The number of rotatable bonds is 11. The maximum Gasteiger partial charge on any atom is 0.104 e. The zero-order valence-electron chi connectivity index (χ0n) is 12.3. The van der Waals surface area contributed by atoms with Gasteiger partial charge in [-0.1, -0.05) is 0 Å². The lowest BCUT2D eigenvalue weighted by Gasteiger charge is -2.25. The smallest absolute Gasteiger partial charge is 0.104 e. The standard InChI is InChI=1S/C14H28N2O2/c1-13(2)16-14(3,12-15)8-5-6-10-18-11-7-9-17-4/h13,16H,5-11H2,1-4H3. The van der Waals surface area contributed by atoms with Gasteiger partial charge in [0.05, 0.1) is 6.07 Å². The van der Waals surface area contributed by atoms with E-state index >= 15 is 0 Å². The summed E-state index contributed by atoms with van der Waals surface area (Å²) in [5.74, 6) is 0. The van der Waals surface area contributed by atoms with Gasteiger partial charge in [-0.25, -0.2) is 0 Å². The van der Waals surface area contributed by atoms with E-state index in [0.29, 0.717) is 6.04 Å². The van der Waals surface area contributed by atoms with E-state index in [2.05, 4.69) is 25.2 Å². The van der Waals surface area contributed by atoms with Crippen molar-refractivity contribution in [2.75, 3.05) is 26.9 Å². The quantitative estimate of drug-likeness (QED) is 0.577. The van der Waals surface area contributed by atoms with E-state index in [1.807, 2.05) is 6.92 Å². The van der Waals surface area contributed by atoms with Gasteiger partial charge in [-0.3, -0.25) is 5.32 Å². The minimum Gasteiger partial charge on any atom is -0.385 e. The molecule has 0 aliphatic rings. The summed E-state index contributed by atoms with van der Waals surface area (Å²) >= 11 is 0. The molecule has 0 amide bonds. The Hall–Kier alpha value is -0.630. The van der Waals surface area contributed by atoms with Crippen LogP contribution in [0.5, 0.6) is 0 Å². The molecule has 1 N–H and O–H groups in total. The number of ether oxygens (including phenoxy) is 2. The van der Waals surface area contributed by atoms with Crippen LogP contribution >= 0.6 is 0 Å². The zero-order valence-corrected chi connectivity index (χ0v) is 12.3. The number of hydrogen-bond donors (Lipinski definition) is 1. The molecule has 4 heteroatoms. The van der Waals surface area contributed by atoms with E-state index in [1.54, 1.807) is 7.11 Å². The zero-order chi connectivity index (χ0) is 13.9. The highest BCUT2D eigenvalue weighted by Crippen LogP contribution is 2.13. The van der Waals surface area contributed by atoms with Gasteiger partial charge in [0.2, 0.25) is 0 Å². The minimum atomic E-state index is -0.412. The topological polar surface area (TPSA) is 54.3 Å². The fourth-order valence-electron chi connectivity index (χ4n) is 1.89. The molecule has 0 aromatic heterocycles. The highest BCUT2D eigenvalue weighted by atomic mass is 16.5. The molecule has 0 radical (unpaired) electrons. The van der Waals surface area contributed by atoms with Gasteiger partial charge in [0.1, 0.15) is 5.54 Å². The number of hydrogen-bond acceptors (Lipinski definition) is 4. The molecule has 106 valence electrons. The summed E-state index contributed by atoms with van der Waals surface area (Å²) in [6, 6.07) is 2.69. The van der Waals surface area contributed by atoms with Crippen LogP contribution in [-0.4, -0.2) is 38.5 Å². The third-order valence-electron chi connectivity index (χ3n) is 2.71. The van der Waals surface area contributed by atoms with E-state index in [1.165, 1.54) is 0 Å². The lowest BCUT2D eigenvalue weighted by Crippen LogP contribution is -2.44. The molecule has 0 aromatic carbocycles. The van der Waals surface area contributed by atoms with Crippen molar-refractivity contribution in [1.82, 2.24) is 5.32 Å². The summed E-state index contributed by atoms with van der Waals surface area (Å²) in [7, 11) is 1.70. The first kappa shape index (κ1) is 17.4. The van der Waals surface area contributed by atoms with E-state index < -0.39 is 5.54 Å². The molecule has 0 heterocycles. The Bertz CT molecular complexity index is 238. The van der Waals surface area contributed by atoms with Gasteiger partial charge in [0.25, 0.3) is 0 Å². The highest BCUT2D eigenvalue weighted by Gasteiger charge is 2.23. The van der Waals surface area contributed by atoms with Gasteiger partial charge < -0.3 is 9.47 Å². The molecule has 0 saturated heterocycles. The average Bonchev–Trinajstić information content (AvgIpc) is 2.32. The number of unbranched alkanes of at least 4 members (excludes halogenated alkanes) is 1. The molecule has 0 spiro atoms. The van der Waals surface area contributed by atoms with Gasteiger partial charge >= 0.3 is 0 Å². The molecule has 18 heavy (non-hydrogen) atoms. The fourth-order valence-corrected chi connectivity index (χ4v) is 1.89. The molecule has 0 saturated carbocycles. The maximum atomic E-state index is 9.18. The lowest BCUT2D eigenvalue weighted by atomic mass is 9.96. The molecule has 0 fully saturated rings. The van der Waals surface area contributed by atoms with Crippen LogP contribution in [0.4, 0.5) is 0 Å². The van der Waals surface area contributed by atoms with Crippen molar-refractivity contribution >= 4 is 0 Å². The number of methoxy groups -OCH3 is 1. The van der Waals surface area contributed by atoms with Crippen molar-refractivity contribution in [3.63, 3.8) is 0 Å². The monoisotopic (exact) mass is 256 g/mol. The van der Waals surface area contributed by atoms with Crippen molar-refractivity contribution in [3.8, 4) is 6.07 Å². The summed E-state index contributed by atoms with van der Waals surface area (Å²) in [5.41, 5.74) is -0.412. The molecule has 0 aliphatic heterocycles. The number of nitrogens with zero attached hydrogens (tertiary/aromatic N) is 1. The second-order valence-corrected chi connectivity index (χ2v) is 5.16. The first-order chi connectivity index (χ1) is 8.54. The Morgan fingerprint density at radius 1 is 1.17 bits per heavy atom. The van der Waals surface area contributed by atoms with Gasteiger partial charge in [0.15, 0.2) is 0 Å². The molecule has 0 bridgehead atoms. The summed E-state index contributed by atoms with van der Waals surface area (Å²) in [5, 5.41) is 12.5. The Morgan fingerprint density at radius 3 is 2.39 bits per heavy atom. The Morgan fingerprint density at radius 2 is 1.83 bits per heavy atom. The van der Waals surface area contributed by atoms with Crippen LogP contribution in [0.15, 0.2) is 0 Å². The summed E-state index contributed by atoms with van der Waals surface area (Å²) in [4.78, 5) is 0. The highest BCUT2D eigenvalue weighted by molar-refractivity contribution is 5.04. The van der Waals surface area contributed by atoms with E-state index in [-0.39, 0.29) is 0 Å². The number of nitrogens with one attached hydrogen (secondary N) is 1. The molecule has 1 unspecified atom stereocenters. The predicted octanol–water partition coefficient (Wildman–Crippen LogP) is 2.49. The van der Waals surface area contributed by atoms with Crippen molar-refractivity contribution in [2.45, 2.75) is 58.0 Å². The third-order valence-corrected chi connectivity index (χ3v) is 2.71. The molecular weight excluding hydrogens is 228 g/mol. The van der Waals surface area contributed by atoms with Crippen LogP contribution in [-0.2, 0) is 9.47 Å². The largest absolute Gasteiger partial charge is 0.385 e. The molecule has 0 rings (SSSR count). The summed E-state index contributed by atoms with van der Waals surface area (Å²) in [6.45, 7) is 8.38. The minimum absolute atomic E-state index is 0.333. The normalized spacial score (nSPS) is 14.4. The molecule has 1 atom stereocenters. The molecule has 4 nitrogen and oxygen atoms in total. The van der Waals surface area contributed by atoms with Crippen molar-refractivity contribution in [1.29, 1.82) is 5.26 Å². The lowest BCUT2D eigenvalue weighted by molar-refractivity contribution is 0.0994. The Kier molecular flexibility index (Phi) is 9.95. The van der Waals surface area contributed by atoms with Crippen LogP contribution in [0.2, 0.25) is 0 Å². The second kappa shape index (κ2) is 10.3. The molecule has 0 aliphatic carbocycles. The van der Waals surface area contributed by atoms with Crippen molar-refractivity contribution < 1.29 is 9.47 Å². The van der Waals surface area contributed by atoms with Gasteiger partial charge in [-0.2, -0.15) is 5.26 Å². The Labute approximate surface area is 112 Å². The first-order valence-electron chi connectivity index (χ1n) is 6.79. The molecule has 0 aromatic rings. The first-order valence-corrected chi connectivity index (χ1v) is 6.79. The number of nitriles is 1. The van der Waals surface area contributed by atoms with Gasteiger partial charge in [-0.15, -0.1) is 0 Å². The van der Waals surface area contributed by atoms with Crippen molar-refractivity contribution in [2.24, 2.45) is 0 Å². The fraction of sp³-hybridized carbons (Fsp3) is 0.929. The van der Waals surface area contributed by atoms with E-state index in [0.717, 1.165) is 45.5 Å². The SMILES string of the molecule is COCCCOCCCCC(C)(C#N)NC(C)C. The Balaban J connectivity index is 3.54. The third kappa shape index (κ3) is 9.41. The maximum absolute atomic E-state index is 9.18. The summed E-state index contributed by atoms with van der Waals surface area (Å²) in [6.07, 6.45) is 3.82. The van der Waals surface area contributed by atoms with Crippen LogP contribution in [0, 0.1) is 11.3 Å². The predicted molar refractivity (Wildman–Crippen MR) is 73.5 cm³/mol. The van der Waals surface area contributed by atoms with Crippen molar-refractivity contribution in [3.05, 3.63) is 0 Å². The van der Waals surface area contributed by atoms with Crippen LogP contribution in [0.3, 0.4) is 0 Å². The average molecular weight is 256 g/mol.